The molecule has 2 aromatic carbocycles. The number of ether oxygens (including phenoxy) is 1. The fourth-order valence-electron chi connectivity index (χ4n) is 2.41. The van der Waals surface area contributed by atoms with Crippen molar-refractivity contribution in [1.82, 2.24) is 19.8 Å². The Morgan fingerprint density at radius 2 is 1.96 bits per heavy atom. The molecule has 4 aromatic rings. The van der Waals surface area contributed by atoms with E-state index in [0.29, 0.717) is 32.8 Å². The molecule has 2 heterocycles. The van der Waals surface area contributed by atoms with Crippen molar-refractivity contribution in [2.24, 2.45) is 0 Å². The van der Waals surface area contributed by atoms with Gasteiger partial charge < -0.3 is 4.74 Å². The zero-order chi connectivity index (χ0) is 19.7. The number of halogens is 2. The maximum atomic E-state index is 13.8. The number of nitrogens with one attached hydrogen (secondary N) is 1. The molecule has 1 N–H and O–H groups in total. The van der Waals surface area contributed by atoms with Gasteiger partial charge in [-0.1, -0.05) is 23.5 Å². The minimum Gasteiger partial charge on any atom is -0.484 e. The number of aryl methyl sites for hydroxylation is 1. The fourth-order valence-corrected chi connectivity index (χ4v) is 3.17. The monoisotopic (exact) mass is 401 g/mol. The minimum absolute atomic E-state index is 0.262. The van der Waals surface area contributed by atoms with Crippen LogP contribution >= 0.6 is 11.3 Å². The van der Waals surface area contributed by atoms with Gasteiger partial charge >= 0.3 is 0 Å². The van der Waals surface area contributed by atoms with Crippen molar-refractivity contribution in [2.45, 2.75) is 6.92 Å². The van der Waals surface area contributed by atoms with Crippen LogP contribution in [0.3, 0.4) is 0 Å². The van der Waals surface area contributed by atoms with E-state index < -0.39 is 5.91 Å². The van der Waals surface area contributed by atoms with Gasteiger partial charge in [-0.3, -0.25) is 10.1 Å². The highest BCUT2D eigenvalue weighted by Crippen LogP contribution is 2.25. The first-order chi connectivity index (χ1) is 13.5. The van der Waals surface area contributed by atoms with Crippen molar-refractivity contribution in [2.75, 3.05) is 11.9 Å². The fraction of sp³-hybridized carbons (Fsp3) is 0.111. The molecule has 4 rings (SSSR count). The van der Waals surface area contributed by atoms with Crippen LogP contribution in [0.25, 0.3) is 16.3 Å². The molecule has 0 unspecified atom stereocenters. The van der Waals surface area contributed by atoms with Crippen LogP contribution in [0, 0.1) is 18.6 Å². The zero-order valence-electron chi connectivity index (χ0n) is 14.5. The maximum absolute atomic E-state index is 13.8. The second kappa shape index (κ2) is 7.31. The number of nitrogens with zero attached hydrogens (tertiary/aromatic N) is 4. The lowest BCUT2D eigenvalue weighted by Crippen LogP contribution is -2.20. The molecule has 0 aliphatic heterocycles. The Kier molecular flexibility index (Phi) is 4.70. The van der Waals surface area contributed by atoms with Gasteiger partial charge in [-0.25, -0.2) is 8.78 Å². The van der Waals surface area contributed by atoms with Crippen LogP contribution in [0.4, 0.5) is 13.9 Å². The summed E-state index contributed by atoms with van der Waals surface area (Å²) in [7, 11) is 0. The maximum Gasteiger partial charge on any atom is 0.264 e. The van der Waals surface area contributed by atoms with E-state index in [9.17, 15) is 13.6 Å². The topological polar surface area (TPSA) is 81.4 Å². The third-order valence-electron chi connectivity index (χ3n) is 3.85. The Bertz CT molecular complexity index is 1160. The molecule has 7 nitrogen and oxygen atoms in total. The van der Waals surface area contributed by atoms with Gasteiger partial charge in [-0.2, -0.15) is 4.52 Å². The molecule has 10 heteroatoms. The molecule has 0 aliphatic rings. The van der Waals surface area contributed by atoms with E-state index in [2.05, 4.69) is 20.6 Å². The molecular formula is C18H13F2N5O2S. The minimum atomic E-state index is -0.433. The van der Waals surface area contributed by atoms with Crippen molar-refractivity contribution in [3.63, 3.8) is 0 Å². The van der Waals surface area contributed by atoms with Crippen LogP contribution in [0.2, 0.25) is 0 Å². The molecule has 0 radical (unpaired) electrons. The Morgan fingerprint density at radius 3 is 2.71 bits per heavy atom. The van der Waals surface area contributed by atoms with E-state index in [-0.39, 0.29) is 18.2 Å². The highest BCUT2D eigenvalue weighted by Gasteiger charge is 2.16. The van der Waals surface area contributed by atoms with Crippen molar-refractivity contribution in [3.8, 4) is 17.1 Å². The van der Waals surface area contributed by atoms with Gasteiger partial charge in [0.25, 0.3) is 5.91 Å². The predicted octanol–water partition coefficient (Wildman–Crippen LogP) is 3.46. The second-order valence-electron chi connectivity index (χ2n) is 5.88. The highest BCUT2D eigenvalue weighted by atomic mass is 32.1. The van der Waals surface area contributed by atoms with Gasteiger partial charge in [-0.15, -0.1) is 15.3 Å². The summed E-state index contributed by atoms with van der Waals surface area (Å²) in [6.07, 6.45) is 0. The number of hydrogen-bond acceptors (Lipinski definition) is 6. The average molecular weight is 401 g/mol. The van der Waals surface area contributed by atoms with Crippen molar-refractivity contribution < 1.29 is 18.3 Å². The van der Waals surface area contributed by atoms with Crippen molar-refractivity contribution in [3.05, 3.63) is 59.7 Å². The van der Waals surface area contributed by atoms with Crippen LogP contribution in [-0.4, -0.2) is 32.3 Å². The normalized spacial score (nSPS) is 11.0. The lowest BCUT2D eigenvalue weighted by molar-refractivity contribution is -0.118. The number of amides is 1. The smallest absolute Gasteiger partial charge is 0.264 e. The Morgan fingerprint density at radius 1 is 1.18 bits per heavy atom. The molecule has 0 atom stereocenters. The average Bonchev–Trinajstić information content (AvgIpc) is 3.24. The molecule has 0 bridgehead atoms. The molecule has 28 heavy (non-hydrogen) atoms. The van der Waals surface area contributed by atoms with E-state index in [1.807, 2.05) is 0 Å². The molecule has 2 aromatic heterocycles. The van der Waals surface area contributed by atoms with Gasteiger partial charge in [0.1, 0.15) is 17.4 Å². The molecule has 0 saturated heterocycles. The van der Waals surface area contributed by atoms with Gasteiger partial charge in [0.2, 0.25) is 10.1 Å². The number of hydrogen-bond donors (Lipinski definition) is 1. The third-order valence-corrected chi connectivity index (χ3v) is 4.67. The van der Waals surface area contributed by atoms with Gasteiger partial charge in [0.05, 0.1) is 0 Å². The first-order valence-electron chi connectivity index (χ1n) is 8.16. The number of anilines is 1. The standard InChI is InChI=1S/C18H13F2N5O2S/c1-10-2-3-11(8-14(10)20)16-22-23-18-25(16)24-17(28-18)21-15(26)9-27-13-6-4-12(19)5-7-13/h2-8H,9H2,1H3,(H,21,24,26). The van der Waals surface area contributed by atoms with Crippen LogP contribution in [-0.2, 0) is 4.79 Å². The van der Waals surface area contributed by atoms with E-state index in [1.165, 1.54) is 34.8 Å². The summed E-state index contributed by atoms with van der Waals surface area (Å²) in [4.78, 5) is 12.5. The lowest BCUT2D eigenvalue weighted by Gasteiger charge is -2.05. The first-order valence-corrected chi connectivity index (χ1v) is 8.98. The van der Waals surface area contributed by atoms with Crippen LogP contribution < -0.4 is 10.1 Å². The second-order valence-corrected chi connectivity index (χ2v) is 6.84. The van der Waals surface area contributed by atoms with Gasteiger partial charge in [-0.05, 0) is 42.8 Å². The van der Waals surface area contributed by atoms with E-state index in [1.54, 1.807) is 19.1 Å². The number of benzene rings is 2. The summed E-state index contributed by atoms with van der Waals surface area (Å²) in [5.41, 5.74) is 1.05. The Hall–Kier alpha value is -3.40. The van der Waals surface area contributed by atoms with Crippen LogP contribution in [0.5, 0.6) is 5.75 Å². The summed E-state index contributed by atoms with van der Waals surface area (Å²) in [5, 5.41) is 15.2. The SMILES string of the molecule is Cc1ccc(-c2nnc3sc(NC(=O)COc4ccc(F)cc4)nn23)cc1F. The summed E-state index contributed by atoms with van der Waals surface area (Å²) in [6, 6.07) is 10.1. The first kappa shape index (κ1) is 18.0. The number of carbonyl (C=O) groups is 1. The van der Waals surface area contributed by atoms with E-state index >= 15 is 0 Å². The zero-order valence-corrected chi connectivity index (χ0v) is 15.3. The van der Waals surface area contributed by atoms with Crippen LogP contribution in [0.1, 0.15) is 5.56 Å². The molecule has 0 aliphatic carbocycles. The Labute approximate surface area is 161 Å². The number of carbonyl (C=O) groups excluding carboxylic acids is 1. The third kappa shape index (κ3) is 3.67. The summed E-state index contributed by atoms with van der Waals surface area (Å²) >= 11 is 1.12. The molecular weight excluding hydrogens is 388 g/mol. The van der Waals surface area contributed by atoms with Crippen molar-refractivity contribution >= 4 is 27.3 Å². The number of fused-ring (bicyclic) bond motifs is 1. The molecule has 1 amide bonds. The highest BCUT2D eigenvalue weighted by molar-refractivity contribution is 7.20. The summed E-state index contributed by atoms with van der Waals surface area (Å²) in [5.74, 6) is -0.430. The summed E-state index contributed by atoms with van der Waals surface area (Å²) < 4.78 is 33.4. The molecule has 142 valence electrons. The van der Waals surface area contributed by atoms with Gasteiger partial charge in [0, 0.05) is 5.56 Å². The molecule has 0 fully saturated rings. The van der Waals surface area contributed by atoms with Crippen LogP contribution in [0.15, 0.2) is 42.5 Å². The summed E-state index contributed by atoms with van der Waals surface area (Å²) in [6.45, 7) is 1.41. The molecule has 0 spiro atoms. The van der Waals surface area contributed by atoms with Gasteiger partial charge in [0.15, 0.2) is 12.4 Å². The van der Waals surface area contributed by atoms with E-state index in [4.69, 9.17) is 4.74 Å². The quantitative estimate of drug-likeness (QED) is 0.554. The van der Waals surface area contributed by atoms with Crippen molar-refractivity contribution in [1.29, 1.82) is 0 Å². The largest absolute Gasteiger partial charge is 0.484 e. The Balaban J connectivity index is 1.47. The van der Waals surface area contributed by atoms with E-state index in [0.717, 1.165) is 11.3 Å². The molecule has 0 saturated carbocycles. The number of aromatic nitrogens is 4. The predicted molar refractivity (Wildman–Crippen MR) is 99.3 cm³/mol. The lowest BCUT2D eigenvalue weighted by atomic mass is 10.1. The number of rotatable bonds is 5.